The maximum absolute atomic E-state index is 13.1. The van der Waals surface area contributed by atoms with Crippen LogP contribution in [0, 0.1) is 10.1 Å². The Morgan fingerprint density at radius 2 is 1.70 bits per heavy atom. The number of carbonyl (C=O) groups excluding carboxylic acids is 2. The average molecular weight is 423 g/mol. The van der Waals surface area contributed by atoms with Crippen molar-refractivity contribution >= 4 is 17.5 Å². The Balaban J connectivity index is 1.83. The van der Waals surface area contributed by atoms with Gasteiger partial charge in [-0.1, -0.05) is 0 Å². The van der Waals surface area contributed by atoms with Crippen LogP contribution in [-0.2, 0) is 9.53 Å². The molecule has 164 valence electrons. The van der Waals surface area contributed by atoms with Crippen LogP contribution in [0.15, 0.2) is 6.07 Å². The Bertz CT molecular complexity index is 830. The number of ether oxygens (including phenoxy) is 4. The second kappa shape index (κ2) is 9.16. The van der Waals surface area contributed by atoms with Crippen molar-refractivity contribution in [2.45, 2.75) is 18.9 Å². The monoisotopic (exact) mass is 423 g/mol. The molecule has 2 aliphatic rings. The number of piperazine rings is 1. The van der Waals surface area contributed by atoms with Crippen LogP contribution in [0.3, 0.4) is 0 Å². The van der Waals surface area contributed by atoms with Crippen LogP contribution >= 0.6 is 0 Å². The molecule has 0 bridgehead atoms. The molecule has 11 heteroatoms. The van der Waals surface area contributed by atoms with Crippen LogP contribution in [0.1, 0.15) is 23.2 Å². The Morgan fingerprint density at radius 1 is 1.07 bits per heavy atom. The number of nitro groups is 1. The molecule has 0 aromatic heterocycles. The summed E-state index contributed by atoms with van der Waals surface area (Å²) in [7, 11) is 3.96. The summed E-state index contributed by atoms with van der Waals surface area (Å²) in [6, 6.07) is 1.28. The molecule has 2 aliphatic heterocycles. The molecule has 0 saturated carbocycles. The van der Waals surface area contributed by atoms with E-state index in [9.17, 15) is 19.7 Å². The Hall–Kier alpha value is -3.08. The standard InChI is InChI=1S/C19H25N3O8/c1-27-14-11-12(15(22(25)26)17(29-3)16(14)28-2)18(23)20-6-8-21(9-7-20)19(24)13-5-4-10-30-13/h11,13H,4-10H2,1-3H3. The largest absolute Gasteiger partial charge is 0.493 e. The van der Waals surface area contributed by atoms with Crippen molar-refractivity contribution in [3.05, 3.63) is 21.7 Å². The smallest absolute Gasteiger partial charge is 0.327 e. The van der Waals surface area contributed by atoms with E-state index in [2.05, 4.69) is 0 Å². The third kappa shape index (κ3) is 3.97. The Kier molecular flexibility index (Phi) is 6.60. The summed E-state index contributed by atoms with van der Waals surface area (Å²) in [5.74, 6) is -0.605. The van der Waals surface area contributed by atoms with E-state index in [1.54, 1.807) is 4.90 Å². The maximum atomic E-state index is 13.1. The van der Waals surface area contributed by atoms with Crippen LogP contribution < -0.4 is 14.2 Å². The molecule has 1 aromatic rings. The van der Waals surface area contributed by atoms with E-state index < -0.39 is 22.6 Å². The molecule has 0 aliphatic carbocycles. The number of hydrogen-bond acceptors (Lipinski definition) is 8. The van der Waals surface area contributed by atoms with Crippen molar-refractivity contribution < 1.29 is 33.5 Å². The number of benzene rings is 1. The first kappa shape index (κ1) is 21.6. The molecule has 11 nitrogen and oxygen atoms in total. The molecule has 0 N–H and O–H groups in total. The number of nitro benzene ring substituents is 1. The van der Waals surface area contributed by atoms with Crippen molar-refractivity contribution in [2.75, 3.05) is 54.1 Å². The van der Waals surface area contributed by atoms with Crippen molar-refractivity contribution in [1.82, 2.24) is 9.80 Å². The third-order valence-corrected chi connectivity index (χ3v) is 5.30. The topological polar surface area (TPSA) is 121 Å². The minimum atomic E-state index is -0.675. The van der Waals surface area contributed by atoms with Gasteiger partial charge < -0.3 is 28.7 Å². The number of rotatable bonds is 6. The Labute approximate surface area is 173 Å². The second-order valence-electron chi connectivity index (χ2n) is 6.92. The first-order valence-corrected chi connectivity index (χ1v) is 9.59. The molecule has 1 unspecified atom stereocenters. The lowest BCUT2D eigenvalue weighted by Gasteiger charge is -2.35. The average Bonchev–Trinajstić information content (AvgIpc) is 3.31. The minimum Gasteiger partial charge on any atom is -0.493 e. The summed E-state index contributed by atoms with van der Waals surface area (Å²) in [5, 5.41) is 11.7. The highest BCUT2D eigenvalue weighted by Gasteiger charge is 2.36. The second-order valence-corrected chi connectivity index (χ2v) is 6.92. The van der Waals surface area contributed by atoms with Crippen LogP contribution in [0.2, 0.25) is 0 Å². The molecule has 2 amide bonds. The van der Waals surface area contributed by atoms with E-state index in [0.29, 0.717) is 26.1 Å². The van der Waals surface area contributed by atoms with Gasteiger partial charge in [-0.05, 0) is 12.8 Å². The summed E-state index contributed by atoms with van der Waals surface area (Å²) >= 11 is 0. The number of carbonyl (C=O) groups is 2. The molecule has 0 spiro atoms. The zero-order valence-corrected chi connectivity index (χ0v) is 17.2. The SMILES string of the molecule is COc1cc(C(=O)N2CCN(C(=O)C3CCCO3)CC2)c([N+](=O)[O-])c(OC)c1OC. The summed E-state index contributed by atoms with van der Waals surface area (Å²) in [6.07, 6.45) is 1.15. The van der Waals surface area contributed by atoms with Crippen molar-refractivity contribution in [2.24, 2.45) is 0 Å². The number of amides is 2. The highest BCUT2D eigenvalue weighted by Crippen LogP contribution is 2.46. The predicted octanol–water partition coefficient (Wildman–Crippen LogP) is 1.08. The fourth-order valence-corrected chi connectivity index (χ4v) is 3.76. The van der Waals surface area contributed by atoms with Gasteiger partial charge in [-0.15, -0.1) is 0 Å². The van der Waals surface area contributed by atoms with Gasteiger partial charge in [-0.3, -0.25) is 19.7 Å². The molecule has 3 rings (SSSR count). The minimum absolute atomic E-state index is 0.0372. The molecule has 2 fully saturated rings. The van der Waals surface area contributed by atoms with Gasteiger partial charge in [0.1, 0.15) is 11.7 Å². The van der Waals surface area contributed by atoms with Gasteiger partial charge in [-0.25, -0.2) is 0 Å². The molecule has 1 aromatic carbocycles. The number of nitrogens with zero attached hydrogens (tertiary/aromatic N) is 3. The van der Waals surface area contributed by atoms with E-state index in [-0.39, 0.29) is 41.8 Å². The first-order chi connectivity index (χ1) is 14.4. The molecule has 2 heterocycles. The van der Waals surface area contributed by atoms with Gasteiger partial charge >= 0.3 is 5.69 Å². The third-order valence-electron chi connectivity index (χ3n) is 5.30. The lowest BCUT2D eigenvalue weighted by molar-refractivity contribution is -0.386. The molecule has 2 saturated heterocycles. The zero-order chi connectivity index (χ0) is 21.8. The predicted molar refractivity (Wildman–Crippen MR) is 104 cm³/mol. The van der Waals surface area contributed by atoms with Gasteiger partial charge in [0.05, 0.1) is 26.3 Å². The van der Waals surface area contributed by atoms with Crippen molar-refractivity contribution in [3.8, 4) is 17.2 Å². The zero-order valence-electron chi connectivity index (χ0n) is 17.2. The normalized spacial score (nSPS) is 18.8. The van der Waals surface area contributed by atoms with E-state index in [1.165, 1.54) is 32.3 Å². The molecule has 0 radical (unpaired) electrons. The molecule has 1 atom stereocenters. The van der Waals surface area contributed by atoms with Gasteiger partial charge in [0.15, 0.2) is 5.75 Å². The van der Waals surface area contributed by atoms with E-state index in [1.807, 2.05) is 0 Å². The maximum Gasteiger partial charge on any atom is 0.327 e. The number of methoxy groups -OCH3 is 3. The summed E-state index contributed by atoms with van der Waals surface area (Å²) in [5.41, 5.74) is -0.647. The highest BCUT2D eigenvalue weighted by atomic mass is 16.6. The van der Waals surface area contributed by atoms with Gasteiger partial charge in [0.2, 0.25) is 11.5 Å². The fourth-order valence-electron chi connectivity index (χ4n) is 3.76. The lowest BCUT2D eigenvalue weighted by Crippen LogP contribution is -2.52. The first-order valence-electron chi connectivity index (χ1n) is 9.59. The van der Waals surface area contributed by atoms with E-state index in [4.69, 9.17) is 18.9 Å². The molecular weight excluding hydrogens is 398 g/mol. The van der Waals surface area contributed by atoms with Crippen LogP contribution in [0.4, 0.5) is 5.69 Å². The van der Waals surface area contributed by atoms with Crippen LogP contribution in [0.25, 0.3) is 0 Å². The van der Waals surface area contributed by atoms with Gasteiger partial charge in [-0.2, -0.15) is 0 Å². The van der Waals surface area contributed by atoms with Crippen molar-refractivity contribution in [1.29, 1.82) is 0 Å². The quantitative estimate of drug-likeness (QED) is 0.492. The summed E-state index contributed by atoms with van der Waals surface area (Å²) in [6.45, 7) is 1.77. The lowest BCUT2D eigenvalue weighted by atomic mass is 10.1. The van der Waals surface area contributed by atoms with Gasteiger partial charge in [0.25, 0.3) is 11.8 Å². The highest BCUT2D eigenvalue weighted by molar-refractivity contribution is 6.01. The summed E-state index contributed by atoms with van der Waals surface area (Å²) in [4.78, 5) is 39.8. The molecular formula is C19H25N3O8. The Morgan fingerprint density at radius 3 is 2.20 bits per heavy atom. The summed E-state index contributed by atoms with van der Waals surface area (Å²) < 4.78 is 21.0. The van der Waals surface area contributed by atoms with E-state index >= 15 is 0 Å². The van der Waals surface area contributed by atoms with E-state index in [0.717, 1.165) is 6.42 Å². The number of hydrogen-bond donors (Lipinski definition) is 0. The molecule has 30 heavy (non-hydrogen) atoms. The van der Waals surface area contributed by atoms with Crippen LogP contribution in [0.5, 0.6) is 17.2 Å². The van der Waals surface area contributed by atoms with Gasteiger partial charge in [0, 0.05) is 38.9 Å². The van der Waals surface area contributed by atoms with Crippen molar-refractivity contribution in [3.63, 3.8) is 0 Å². The van der Waals surface area contributed by atoms with Crippen LogP contribution in [-0.4, -0.2) is 86.8 Å². The fraction of sp³-hybridized carbons (Fsp3) is 0.579.